The molecule has 0 bridgehead atoms. The zero-order valence-corrected chi connectivity index (χ0v) is 13.8. The van der Waals surface area contributed by atoms with Gasteiger partial charge in [-0.05, 0) is 43.2 Å². The van der Waals surface area contributed by atoms with Crippen LogP contribution in [-0.4, -0.2) is 26.1 Å². The summed E-state index contributed by atoms with van der Waals surface area (Å²) in [6, 6.07) is 11.7. The fourth-order valence-electron chi connectivity index (χ4n) is 2.22. The molecule has 0 spiro atoms. The average molecular weight is 334 g/mol. The monoisotopic (exact) mass is 334 g/mol. The Morgan fingerprint density at radius 1 is 1.13 bits per heavy atom. The minimum absolute atomic E-state index is 0.104. The molecule has 2 aromatic rings. The van der Waals surface area contributed by atoms with Crippen molar-refractivity contribution in [3.63, 3.8) is 0 Å². The number of aryl methyl sites for hydroxylation is 1. The second-order valence-corrected chi connectivity index (χ2v) is 7.37. The average Bonchev–Trinajstić information content (AvgIpc) is 2.46. The minimum atomic E-state index is -3.17. The standard InChI is InChI=1S/C16H18N2O4S/c1-12-11-14(5-8-16(12)18(19)20)17-10-9-13-3-6-15(7-4-13)23(2,21)22/h3-8,11,17H,9-10H2,1-2H3. The van der Waals surface area contributed by atoms with E-state index < -0.39 is 14.8 Å². The number of rotatable bonds is 6. The Balaban J connectivity index is 1.95. The van der Waals surface area contributed by atoms with Crippen molar-refractivity contribution in [3.05, 3.63) is 63.7 Å². The summed E-state index contributed by atoms with van der Waals surface area (Å²) in [4.78, 5) is 10.7. The number of nitro benzene ring substituents is 1. The van der Waals surface area contributed by atoms with Gasteiger partial charge in [0, 0.05) is 30.1 Å². The molecule has 0 radical (unpaired) electrons. The van der Waals surface area contributed by atoms with E-state index in [1.165, 1.54) is 12.3 Å². The normalized spacial score (nSPS) is 11.2. The van der Waals surface area contributed by atoms with E-state index in [4.69, 9.17) is 0 Å². The van der Waals surface area contributed by atoms with Gasteiger partial charge in [-0.15, -0.1) is 0 Å². The summed E-state index contributed by atoms with van der Waals surface area (Å²) in [6.45, 7) is 2.35. The molecule has 2 aromatic carbocycles. The van der Waals surface area contributed by atoms with Crippen LogP contribution in [0.2, 0.25) is 0 Å². The van der Waals surface area contributed by atoms with Crippen LogP contribution in [0.25, 0.3) is 0 Å². The summed E-state index contributed by atoms with van der Waals surface area (Å²) in [6.07, 6.45) is 1.90. The Morgan fingerprint density at radius 3 is 2.30 bits per heavy atom. The van der Waals surface area contributed by atoms with Crippen molar-refractivity contribution in [1.82, 2.24) is 0 Å². The number of nitrogens with zero attached hydrogens (tertiary/aromatic N) is 1. The summed E-state index contributed by atoms with van der Waals surface area (Å²) in [5.74, 6) is 0. The topological polar surface area (TPSA) is 89.3 Å². The maximum absolute atomic E-state index is 11.4. The third-order valence-corrected chi connectivity index (χ3v) is 4.62. The van der Waals surface area contributed by atoms with Crippen molar-refractivity contribution in [2.45, 2.75) is 18.2 Å². The lowest BCUT2D eigenvalue weighted by Gasteiger charge is -2.08. The number of nitrogens with one attached hydrogen (secondary N) is 1. The number of benzene rings is 2. The van der Waals surface area contributed by atoms with E-state index in [-0.39, 0.29) is 5.69 Å². The van der Waals surface area contributed by atoms with Gasteiger partial charge in [-0.25, -0.2) is 8.42 Å². The number of hydrogen-bond donors (Lipinski definition) is 1. The van der Waals surface area contributed by atoms with Crippen molar-refractivity contribution < 1.29 is 13.3 Å². The highest BCUT2D eigenvalue weighted by Crippen LogP contribution is 2.21. The van der Waals surface area contributed by atoms with E-state index in [0.717, 1.165) is 17.7 Å². The van der Waals surface area contributed by atoms with E-state index in [9.17, 15) is 18.5 Å². The highest BCUT2D eigenvalue weighted by Gasteiger charge is 2.10. The summed E-state index contributed by atoms with van der Waals surface area (Å²) in [7, 11) is -3.17. The molecule has 23 heavy (non-hydrogen) atoms. The lowest BCUT2D eigenvalue weighted by molar-refractivity contribution is -0.385. The van der Waals surface area contributed by atoms with Crippen LogP contribution in [0, 0.1) is 17.0 Å². The Hall–Kier alpha value is -2.41. The highest BCUT2D eigenvalue weighted by molar-refractivity contribution is 7.90. The van der Waals surface area contributed by atoms with E-state index in [0.29, 0.717) is 17.0 Å². The van der Waals surface area contributed by atoms with Crippen LogP contribution in [0.4, 0.5) is 11.4 Å². The van der Waals surface area contributed by atoms with Crippen molar-refractivity contribution in [2.24, 2.45) is 0 Å². The van der Waals surface area contributed by atoms with Crippen molar-refractivity contribution in [1.29, 1.82) is 0 Å². The van der Waals surface area contributed by atoms with Crippen LogP contribution < -0.4 is 5.32 Å². The van der Waals surface area contributed by atoms with Crippen LogP contribution in [0.5, 0.6) is 0 Å². The molecule has 0 amide bonds. The van der Waals surface area contributed by atoms with Crippen LogP contribution in [0.3, 0.4) is 0 Å². The van der Waals surface area contributed by atoms with Gasteiger partial charge < -0.3 is 5.32 Å². The fourth-order valence-corrected chi connectivity index (χ4v) is 2.86. The summed E-state index contributed by atoms with van der Waals surface area (Å²) in [5, 5.41) is 14.0. The van der Waals surface area contributed by atoms with Gasteiger partial charge >= 0.3 is 0 Å². The first-order valence-corrected chi connectivity index (χ1v) is 8.94. The predicted octanol–water partition coefficient (Wildman–Crippen LogP) is 2.96. The molecule has 0 aliphatic carbocycles. The molecule has 122 valence electrons. The second kappa shape index (κ2) is 6.78. The van der Waals surface area contributed by atoms with Crippen LogP contribution in [0.15, 0.2) is 47.4 Å². The third kappa shape index (κ3) is 4.53. The number of anilines is 1. The van der Waals surface area contributed by atoms with E-state index in [2.05, 4.69) is 5.32 Å². The van der Waals surface area contributed by atoms with Gasteiger partial charge in [0.05, 0.1) is 9.82 Å². The van der Waals surface area contributed by atoms with Crippen molar-refractivity contribution in [2.75, 3.05) is 18.1 Å². The molecule has 6 nitrogen and oxygen atoms in total. The summed E-state index contributed by atoms with van der Waals surface area (Å²) < 4.78 is 22.8. The van der Waals surface area contributed by atoms with Gasteiger partial charge in [-0.3, -0.25) is 10.1 Å². The highest BCUT2D eigenvalue weighted by atomic mass is 32.2. The summed E-state index contributed by atoms with van der Waals surface area (Å²) in [5.41, 5.74) is 2.55. The molecule has 0 atom stereocenters. The Bertz CT molecular complexity index is 814. The molecule has 0 heterocycles. The van der Waals surface area contributed by atoms with Crippen LogP contribution in [-0.2, 0) is 16.3 Å². The maximum atomic E-state index is 11.4. The third-order valence-electron chi connectivity index (χ3n) is 3.49. The molecule has 7 heteroatoms. The molecule has 0 aliphatic rings. The van der Waals surface area contributed by atoms with Gasteiger partial charge in [-0.1, -0.05) is 12.1 Å². The van der Waals surface area contributed by atoms with Crippen LogP contribution in [0.1, 0.15) is 11.1 Å². The van der Waals surface area contributed by atoms with E-state index in [1.54, 1.807) is 43.3 Å². The zero-order chi connectivity index (χ0) is 17.0. The summed E-state index contributed by atoms with van der Waals surface area (Å²) >= 11 is 0. The first-order chi connectivity index (χ1) is 10.8. The maximum Gasteiger partial charge on any atom is 0.272 e. The largest absolute Gasteiger partial charge is 0.385 e. The van der Waals surface area contributed by atoms with E-state index in [1.807, 2.05) is 0 Å². The van der Waals surface area contributed by atoms with Gasteiger partial charge in [-0.2, -0.15) is 0 Å². The molecule has 0 aliphatic heterocycles. The molecule has 2 rings (SSSR count). The Morgan fingerprint density at radius 2 is 1.78 bits per heavy atom. The SMILES string of the molecule is Cc1cc(NCCc2ccc(S(C)(=O)=O)cc2)ccc1[N+](=O)[O-]. The molecule has 1 N–H and O–H groups in total. The lowest BCUT2D eigenvalue weighted by Crippen LogP contribution is -2.05. The van der Waals surface area contributed by atoms with Gasteiger partial charge in [0.1, 0.15) is 0 Å². The quantitative estimate of drug-likeness (QED) is 0.648. The lowest BCUT2D eigenvalue weighted by atomic mass is 10.1. The molecular weight excluding hydrogens is 316 g/mol. The Kier molecular flexibility index (Phi) is 5.00. The molecule has 0 saturated carbocycles. The molecule has 0 fully saturated rings. The van der Waals surface area contributed by atoms with Crippen LogP contribution >= 0.6 is 0 Å². The van der Waals surface area contributed by atoms with Gasteiger partial charge in [0.2, 0.25) is 0 Å². The number of hydrogen-bond acceptors (Lipinski definition) is 5. The first kappa shape index (κ1) is 17.0. The molecule has 0 aromatic heterocycles. The Labute approximate surface area is 135 Å². The van der Waals surface area contributed by atoms with E-state index >= 15 is 0 Å². The molecule has 0 unspecified atom stereocenters. The second-order valence-electron chi connectivity index (χ2n) is 5.35. The van der Waals surface area contributed by atoms with Gasteiger partial charge in [0.15, 0.2) is 9.84 Å². The molecule has 0 saturated heterocycles. The van der Waals surface area contributed by atoms with Gasteiger partial charge in [0.25, 0.3) is 5.69 Å². The number of nitro groups is 1. The first-order valence-electron chi connectivity index (χ1n) is 7.05. The fraction of sp³-hybridized carbons (Fsp3) is 0.250. The van der Waals surface area contributed by atoms with Crippen molar-refractivity contribution >= 4 is 21.2 Å². The smallest absolute Gasteiger partial charge is 0.272 e. The number of sulfone groups is 1. The zero-order valence-electron chi connectivity index (χ0n) is 12.9. The predicted molar refractivity (Wildman–Crippen MR) is 89.6 cm³/mol. The molecular formula is C16H18N2O4S. The minimum Gasteiger partial charge on any atom is -0.385 e. The van der Waals surface area contributed by atoms with Crippen molar-refractivity contribution in [3.8, 4) is 0 Å².